The van der Waals surface area contributed by atoms with E-state index in [2.05, 4.69) is 264 Å². The highest BCUT2D eigenvalue weighted by Gasteiger charge is 2.51. The van der Waals surface area contributed by atoms with E-state index in [0.29, 0.717) is 0 Å². The minimum absolute atomic E-state index is 0.454. The van der Waals surface area contributed by atoms with Gasteiger partial charge in [0.25, 0.3) is 0 Å². The molecule has 0 saturated carbocycles. The fourth-order valence-electron chi connectivity index (χ4n) is 12.5. The molecule has 69 heavy (non-hydrogen) atoms. The van der Waals surface area contributed by atoms with Gasteiger partial charge in [0.05, 0.1) is 16.4 Å². The summed E-state index contributed by atoms with van der Waals surface area (Å²) in [5, 5.41) is 10.1. The van der Waals surface area contributed by atoms with Crippen LogP contribution in [0.2, 0.25) is 0 Å². The predicted octanol–water partition coefficient (Wildman–Crippen LogP) is 17.7. The van der Waals surface area contributed by atoms with E-state index in [0.717, 1.165) is 22.7 Å². The van der Waals surface area contributed by atoms with Crippen molar-refractivity contribution in [3.05, 3.63) is 277 Å². The van der Waals surface area contributed by atoms with Crippen molar-refractivity contribution in [2.24, 2.45) is 0 Å². The lowest BCUT2D eigenvalue weighted by atomic mass is 9.70. The molecule has 0 atom stereocenters. The van der Waals surface area contributed by atoms with E-state index in [1.54, 1.807) is 0 Å². The Hall–Kier alpha value is -8.98. The molecule has 0 amide bonds. The van der Waals surface area contributed by atoms with Crippen molar-refractivity contribution in [2.45, 2.75) is 5.41 Å². The van der Waals surface area contributed by atoms with Crippen LogP contribution in [0.3, 0.4) is 0 Å². The van der Waals surface area contributed by atoms with Gasteiger partial charge >= 0.3 is 0 Å². The van der Waals surface area contributed by atoms with Crippen LogP contribution in [0, 0.1) is 0 Å². The largest absolute Gasteiger partial charge is 0.310 e. The first kappa shape index (κ1) is 38.2. The Balaban J connectivity index is 0.947. The number of hydrogen-bond acceptors (Lipinski definition) is 1. The van der Waals surface area contributed by atoms with Crippen LogP contribution in [0.1, 0.15) is 22.3 Å². The zero-order valence-electron chi connectivity index (χ0n) is 37.6. The summed E-state index contributed by atoms with van der Waals surface area (Å²) in [6, 6.07) is 94.9. The van der Waals surface area contributed by atoms with Crippen LogP contribution in [-0.4, -0.2) is 4.57 Å². The molecule has 320 valence electrons. The lowest BCUT2D eigenvalue weighted by molar-refractivity contribution is 0.793. The summed E-state index contributed by atoms with van der Waals surface area (Å²) in [7, 11) is 0. The first-order valence-corrected chi connectivity index (χ1v) is 24.0. The van der Waals surface area contributed by atoms with E-state index >= 15 is 0 Å². The number of para-hydroxylation sites is 2. The van der Waals surface area contributed by atoms with Crippen molar-refractivity contribution in [2.75, 3.05) is 4.90 Å². The molecule has 0 N–H and O–H groups in total. The molecule has 1 spiro atoms. The summed E-state index contributed by atoms with van der Waals surface area (Å²) in [4.78, 5) is 2.48. The van der Waals surface area contributed by atoms with E-state index in [4.69, 9.17) is 0 Å². The number of rotatable bonds is 5. The smallest absolute Gasteiger partial charge is 0.0726 e. The highest BCUT2D eigenvalue weighted by Crippen LogP contribution is 2.63. The second kappa shape index (κ2) is 14.5. The second-order valence-corrected chi connectivity index (χ2v) is 18.7. The van der Waals surface area contributed by atoms with Crippen LogP contribution in [-0.2, 0) is 5.41 Å². The topological polar surface area (TPSA) is 8.17 Å². The summed E-state index contributed by atoms with van der Waals surface area (Å²) in [5.41, 5.74) is 19.4. The standard InChI is InChI=1S/C67H42N2/c1-2-16-45(17-3-1)69-65-29-15-11-25-58(65)59-37-32-44(40-66(59)69)43-30-33-46(34-31-43)68(47-35-38-53-51-20-5-4-18-49(51)50-19-6-7-21-52(50)60(53)41-47)48-36-39-57-56-24-10-14-28-63(56)67(64(57)42-48)61-26-12-8-22-54(61)55-23-9-13-27-62(55)67/h1-42H. The Bertz CT molecular complexity index is 4150. The summed E-state index contributed by atoms with van der Waals surface area (Å²) in [5.74, 6) is 0. The van der Waals surface area contributed by atoms with Crippen molar-refractivity contribution in [1.82, 2.24) is 4.57 Å². The molecule has 0 aliphatic heterocycles. The summed E-state index contributed by atoms with van der Waals surface area (Å²) in [6.45, 7) is 0. The highest BCUT2D eigenvalue weighted by molar-refractivity contribution is 6.26. The van der Waals surface area contributed by atoms with Gasteiger partial charge in [-0.05, 0) is 149 Å². The molecule has 0 fully saturated rings. The lowest BCUT2D eigenvalue weighted by Crippen LogP contribution is -2.26. The number of hydrogen-bond donors (Lipinski definition) is 0. The van der Waals surface area contributed by atoms with Crippen LogP contribution in [0.25, 0.3) is 93.2 Å². The van der Waals surface area contributed by atoms with Crippen LogP contribution in [0.5, 0.6) is 0 Å². The van der Waals surface area contributed by atoms with Crippen molar-refractivity contribution in [1.29, 1.82) is 0 Å². The van der Waals surface area contributed by atoms with Gasteiger partial charge in [0, 0.05) is 33.5 Å². The third-order valence-electron chi connectivity index (χ3n) is 15.4. The van der Waals surface area contributed by atoms with E-state index in [9.17, 15) is 0 Å². The maximum atomic E-state index is 2.50. The maximum Gasteiger partial charge on any atom is 0.0726 e. The molecule has 2 nitrogen and oxygen atoms in total. The minimum Gasteiger partial charge on any atom is -0.310 e. The normalized spacial score (nSPS) is 13.0. The molecule has 13 aromatic rings. The quantitative estimate of drug-likeness (QED) is 0.156. The Morgan fingerprint density at radius 3 is 1.33 bits per heavy atom. The first-order chi connectivity index (χ1) is 34.2. The van der Waals surface area contributed by atoms with E-state index in [1.165, 1.54) is 110 Å². The van der Waals surface area contributed by atoms with Gasteiger partial charge in [0.15, 0.2) is 0 Å². The number of aromatic nitrogens is 1. The first-order valence-electron chi connectivity index (χ1n) is 24.0. The van der Waals surface area contributed by atoms with Gasteiger partial charge in [-0.3, -0.25) is 0 Å². The molecule has 2 aliphatic carbocycles. The van der Waals surface area contributed by atoms with Crippen LogP contribution in [0.4, 0.5) is 17.1 Å². The number of fused-ring (bicyclic) bond motifs is 19. The molecule has 1 heterocycles. The molecular formula is C67H42N2. The Kier molecular flexibility index (Phi) is 8.02. The van der Waals surface area contributed by atoms with Crippen LogP contribution in [0.15, 0.2) is 255 Å². The van der Waals surface area contributed by atoms with Crippen LogP contribution >= 0.6 is 0 Å². The van der Waals surface area contributed by atoms with E-state index in [-0.39, 0.29) is 0 Å². The second-order valence-electron chi connectivity index (χ2n) is 18.7. The Morgan fingerprint density at radius 2 is 0.696 bits per heavy atom. The fraction of sp³-hybridized carbons (Fsp3) is 0.0149. The van der Waals surface area contributed by atoms with Gasteiger partial charge in [-0.1, -0.05) is 194 Å². The van der Waals surface area contributed by atoms with Gasteiger partial charge < -0.3 is 9.47 Å². The third kappa shape index (κ3) is 5.31. The molecular weight excluding hydrogens is 833 g/mol. The zero-order valence-corrected chi connectivity index (χ0v) is 37.6. The van der Waals surface area contributed by atoms with Crippen molar-refractivity contribution in [3.8, 4) is 39.1 Å². The van der Waals surface area contributed by atoms with Gasteiger partial charge in [0.2, 0.25) is 0 Å². The Morgan fingerprint density at radius 1 is 0.261 bits per heavy atom. The van der Waals surface area contributed by atoms with Crippen molar-refractivity contribution >= 4 is 71.2 Å². The van der Waals surface area contributed by atoms with Crippen molar-refractivity contribution in [3.63, 3.8) is 0 Å². The Labute approximate surface area is 400 Å². The molecule has 1 aromatic heterocycles. The van der Waals surface area contributed by atoms with E-state index in [1.807, 2.05) is 0 Å². The summed E-state index contributed by atoms with van der Waals surface area (Å²) < 4.78 is 2.40. The monoisotopic (exact) mass is 874 g/mol. The lowest BCUT2D eigenvalue weighted by Gasteiger charge is -2.32. The molecule has 12 aromatic carbocycles. The average Bonchev–Trinajstić information content (AvgIpc) is 4.03. The average molecular weight is 875 g/mol. The molecule has 0 radical (unpaired) electrons. The molecule has 2 aliphatic rings. The van der Waals surface area contributed by atoms with Gasteiger partial charge in [-0.25, -0.2) is 0 Å². The predicted molar refractivity (Wildman–Crippen MR) is 290 cm³/mol. The van der Waals surface area contributed by atoms with Crippen LogP contribution < -0.4 is 4.90 Å². The highest BCUT2D eigenvalue weighted by atomic mass is 15.1. The molecule has 0 bridgehead atoms. The number of anilines is 3. The minimum atomic E-state index is -0.454. The third-order valence-corrected chi connectivity index (χ3v) is 15.4. The molecule has 0 saturated heterocycles. The summed E-state index contributed by atoms with van der Waals surface area (Å²) in [6.07, 6.45) is 0. The molecule has 0 unspecified atom stereocenters. The van der Waals surface area contributed by atoms with E-state index < -0.39 is 5.41 Å². The summed E-state index contributed by atoms with van der Waals surface area (Å²) >= 11 is 0. The van der Waals surface area contributed by atoms with Gasteiger partial charge in [-0.2, -0.15) is 0 Å². The van der Waals surface area contributed by atoms with Gasteiger partial charge in [-0.15, -0.1) is 0 Å². The number of nitrogens with zero attached hydrogens (tertiary/aromatic N) is 2. The molecule has 15 rings (SSSR count). The van der Waals surface area contributed by atoms with Gasteiger partial charge in [0.1, 0.15) is 0 Å². The fourth-order valence-corrected chi connectivity index (χ4v) is 12.5. The number of benzene rings is 12. The SMILES string of the molecule is c1ccc(-n2c3ccccc3c3ccc(-c4ccc(N(c5ccc6c(c5)C5(c7ccccc7-c7ccccc75)c5ccccc5-6)c5ccc6c7ccccc7c7ccccc7c6c5)cc4)cc32)cc1. The molecule has 2 heteroatoms. The maximum absolute atomic E-state index is 2.50. The van der Waals surface area contributed by atoms with Crippen molar-refractivity contribution < 1.29 is 0 Å². The zero-order chi connectivity index (χ0) is 45.2.